The van der Waals surface area contributed by atoms with Crippen LogP contribution in [0.1, 0.15) is 69.2 Å². The number of pyridine rings is 2. The van der Waals surface area contributed by atoms with E-state index >= 15 is 0 Å². The van der Waals surface area contributed by atoms with Crippen molar-refractivity contribution in [1.82, 2.24) is 19.8 Å². The van der Waals surface area contributed by atoms with E-state index in [4.69, 9.17) is 19.3 Å². The Labute approximate surface area is 278 Å². The maximum atomic E-state index is 14.3. The van der Waals surface area contributed by atoms with Crippen molar-refractivity contribution in [2.24, 2.45) is 0 Å². The van der Waals surface area contributed by atoms with E-state index in [1.54, 1.807) is 47.3 Å². The predicted octanol–water partition coefficient (Wildman–Crippen LogP) is 4.43. The van der Waals surface area contributed by atoms with Crippen LogP contribution in [0.5, 0.6) is 0 Å². The number of anilines is 2. The minimum Gasteiger partial charge on any atom is -0.478 e. The van der Waals surface area contributed by atoms with Gasteiger partial charge in [-0.1, -0.05) is 0 Å². The first-order valence-corrected chi connectivity index (χ1v) is 15.6. The third-order valence-electron chi connectivity index (χ3n) is 6.86. The van der Waals surface area contributed by atoms with Gasteiger partial charge in [-0.15, -0.1) is 0 Å². The number of esters is 1. The number of piperazine rings is 2. The number of carboxylic acid groups (broad SMARTS) is 1. The van der Waals surface area contributed by atoms with Crippen LogP contribution in [0.4, 0.5) is 30.0 Å². The molecule has 2 amide bonds. The minimum absolute atomic E-state index is 0.0792. The molecular weight excluding hydrogens is 634 g/mol. The second-order valence-electron chi connectivity index (χ2n) is 13.0. The fraction of sp³-hybridized carbons (Fsp3) is 0.562. The first-order valence-electron chi connectivity index (χ1n) is 15.6. The van der Waals surface area contributed by atoms with E-state index in [0.717, 1.165) is 18.3 Å². The number of aromatic carboxylic acids is 1. The van der Waals surface area contributed by atoms with Gasteiger partial charge in [0.2, 0.25) is 0 Å². The number of nitrogens with zero attached hydrogens (tertiary/aromatic N) is 6. The molecule has 2 fully saturated rings. The molecule has 4 heterocycles. The zero-order chi connectivity index (χ0) is 35.8. The van der Waals surface area contributed by atoms with Gasteiger partial charge >= 0.3 is 24.1 Å². The highest BCUT2D eigenvalue weighted by molar-refractivity contribution is 5.89. The average molecular weight is 679 g/mol. The highest BCUT2D eigenvalue weighted by atomic mass is 19.1. The molecule has 2 aromatic heterocycles. The molecule has 1 N–H and O–H groups in total. The predicted molar refractivity (Wildman–Crippen MR) is 171 cm³/mol. The second kappa shape index (κ2) is 15.9. The van der Waals surface area contributed by atoms with Gasteiger partial charge in [-0.2, -0.15) is 0 Å². The van der Waals surface area contributed by atoms with E-state index in [2.05, 4.69) is 9.97 Å². The van der Waals surface area contributed by atoms with E-state index in [0.29, 0.717) is 52.4 Å². The van der Waals surface area contributed by atoms with Gasteiger partial charge in [0, 0.05) is 64.8 Å². The summed E-state index contributed by atoms with van der Waals surface area (Å²) in [5.41, 5.74) is -1.23. The smallest absolute Gasteiger partial charge is 0.410 e. The molecule has 0 aromatic carbocycles. The summed E-state index contributed by atoms with van der Waals surface area (Å²) >= 11 is 0. The number of carbonyl (C=O) groups is 4. The van der Waals surface area contributed by atoms with Crippen molar-refractivity contribution in [3.05, 3.63) is 47.3 Å². The highest BCUT2D eigenvalue weighted by Crippen LogP contribution is 2.22. The lowest BCUT2D eigenvalue weighted by Gasteiger charge is -2.36. The number of amides is 2. The molecule has 4 rings (SSSR count). The van der Waals surface area contributed by atoms with E-state index < -0.39 is 40.9 Å². The van der Waals surface area contributed by atoms with E-state index in [-0.39, 0.29) is 35.5 Å². The Hall–Kier alpha value is -4.76. The molecule has 0 unspecified atom stereocenters. The zero-order valence-electron chi connectivity index (χ0n) is 28.4. The lowest BCUT2D eigenvalue weighted by atomic mass is 10.2. The van der Waals surface area contributed by atoms with Crippen LogP contribution >= 0.6 is 0 Å². The van der Waals surface area contributed by atoms with Crippen molar-refractivity contribution in [3.63, 3.8) is 0 Å². The molecule has 16 heteroatoms. The van der Waals surface area contributed by atoms with Gasteiger partial charge in [0.05, 0.1) is 17.7 Å². The Morgan fingerprint density at radius 2 is 1.08 bits per heavy atom. The molecule has 0 aliphatic carbocycles. The molecule has 48 heavy (non-hydrogen) atoms. The second-order valence-corrected chi connectivity index (χ2v) is 13.0. The summed E-state index contributed by atoms with van der Waals surface area (Å²) in [7, 11) is 0. The maximum Gasteiger partial charge on any atom is 0.410 e. The molecule has 0 atom stereocenters. The summed E-state index contributed by atoms with van der Waals surface area (Å²) < 4.78 is 43.8. The van der Waals surface area contributed by atoms with Crippen LogP contribution in [0.15, 0.2) is 24.5 Å². The van der Waals surface area contributed by atoms with Crippen LogP contribution in [0.3, 0.4) is 0 Å². The van der Waals surface area contributed by atoms with E-state index in [9.17, 15) is 28.0 Å². The van der Waals surface area contributed by atoms with Crippen molar-refractivity contribution >= 4 is 35.8 Å². The van der Waals surface area contributed by atoms with Crippen LogP contribution in [-0.4, -0.2) is 119 Å². The summed E-state index contributed by atoms with van der Waals surface area (Å²) in [4.78, 5) is 60.9. The lowest BCUT2D eigenvalue weighted by molar-refractivity contribution is 0.0229. The summed E-state index contributed by atoms with van der Waals surface area (Å²) in [5, 5.41) is 8.82. The molecular formula is C32H44F2N6O8. The largest absolute Gasteiger partial charge is 0.478 e. The fourth-order valence-electron chi connectivity index (χ4n) is 4.62. The molecule has 264 valence electrons. The minimum atomic E-state index is -1.22. The third-order valence-corrected chi connectivity index (χ3v) is 6.86. The van der Waals surface area contributed by atoms with E-state index in [1.807, 2.05) is 20.8 Å². The van der Waals surface area contributed by atoms with Gasteiger partial charge in [0.1, 0.15) is 11.2 Å². The standard InChI is InChI=1S/C17H24FN3O4.C15H20FN3O4/c1-5-24-15(22)12-10-13(18)14(19-11-12)20-6-8-21(9-7-20)16(23)25-17(2,3)4;1-15(2,3)23-14(22)19-6-4-18(5-7-19)12-11(16)8-10(9-17-12)13(20)21/h10-11H,5-9H2,1-4H3;8-9H,4-7H2,1-3H3,(H,20,21). The van der Waals surface area contributed by atoms with Crippen LogP contribution in [0.2, 0.25) is 0 Å². The van der Waals surface area contributed by atoms with Crippen molar-refractivity contribution in [2.45, 2.75) is 59.7 Å². The number of rotatable bonds is 5. The average Bonchev–Trinajstić information content (AvgIpc) is 3.00. The SMILES string of the molecule is CC(C)(C)OC(=O)N1CCN(c2ncc(C(=O)O)cc2F)CC1.CCOC(=O)c1cnc(N2CCN(C(=O)OC(C)(C)C)CC2)c(F)c1. The Bertz CT molecular complexity index is 1460. The summed E-state index contributed by atoms with van der Waals surface area (Å²) in [6.07, 6.45) is 1.66. The monoisotopic (exact) mass is 678 g/mol. The topological polar surface area (TPSA) is 155 Å². The van der Waals surface area contributed by atoms with Crippen molar-refractivity contribution in [3.8, 4) is 0 Å². The molecule has 2 aliphatic heterocycles. The Kier molecular flexibility index (Phi) is 12.5. The van der Waals surface area contributed by atoms with Crippen LogP contribution in [0, 0.1) is 11.6 Å². The summed E-state index contributed by atoms with van der Waals surface area (Å²) in [5.74, 6) is -2.84. The molecule has 2 aromatic rings. The number of carbonyl (C=O) groups excluding carboxylic acids is 3. The van der Waals surface area contributed by atoms with Crippen LogP contribution in [0.25, 0.3) is 0 Å². The fourth-order valence-corrected chi connectivity index (χ4v) is 4.62. The summed E-state index contributed by atoms with van der Waals surface area (Å²) in [6.45, 7) is 16.0. The molecule has 0 radical (unpaired) electrons. The van der Waals surface area contributed by atoms with Gasteiger partial charge in [0.25, 0.3) is 0 Å². The quantitative estimate of drug-likeness (QED) is 0.351. The molecule has 0 spiro atoms. The number of ether oxygens (including phenoxy) is 3. The molecule has 14 nitrogen and oxygen atoms in total. The van der Waals surface area contributed by atoms with Crippen molar-refractivity contribution < 1.29 is 47.3 Å². The molecule has 2 aliphatic rings. The van der Waals surface area contributed by atoms with Gasteiger partial charge in [-0.05, 0) is 60.6 Å². The summed E-state index contributed by atoms with van der Waals surface area (Å²) in [6, 6.07) is 2.07. The first kappa shape index (κ1) is 37.7. The van der Waals surface area contributed by atoms with Crippen molar-refractivity contribution in [1.29, 1.82) is 0 Å². The van der Waals surface area contributed by atoms with Crippen molar-refractivity contribution in [2.75, 3.05) is 68.8 Å². The zero-order valence-corrected chi connectivity index (χ0v) is 28.4. The number of aromatic nitrogens is 2. The van der Waals surface area contributed by atoms with Crippen LogP contribution < -0.4 is 9.80 Å². The number of hydrogen-bond acceptors (Lipinski definition) is 11. The normalized spacial score (nSPS) is 15.3. The highest BCUT2D eigenvalue weighted by Gasteiger charge is 2.29. The van der Waals surface area contributed by atoms with Gasteiger partial charge < -0.3 is 38.9 Å². The Balaban J connectivity index is 0.000000261. The molecule has 0 bridgehead atoms. The number of halogens is 2. The lowest BCUT2D eigenvalue weighted by Crippen LogP contribution is -2.50. The van der Waals surface area contributed by atoms with Gasteiger partial charge in [0.15, 0.2) is 23.3 Å². The van der Waals surface area contributed by atoms with Gasteiger partial charge in [-0.25, -0.2) is 37.9 Å². The van der Waals surface area contributed by atoms with Crippen LogP contribution in [-0.2, 0) is 14.2 Å². The Morgan fingerprint density at radius 1 is 0.708 bits per heavy atom. The Morgan fingerprint density at radius 3 is 1.42 bits per heavy atom. The number of carboxylic acids is 1. The number of hydrogen-bond donors (Lipinski definition) is 1. The third kappa shape index (κ3) is 10.9. The van der Waals surface area contributed by atoms with Gasteiger partial charge in [-0.3, -0.25) is 0 Å². The first-order chi connectivity index (χ1) is 22.4. The maximum absolute atomic E-state index is 14.3. The molecule has 0 saturated carbocycles. The van der Waals surface area contributed by atoms with E-state index in [1.165, 1.54) is 6.20 Å². The molecule has 2 saturated heterocycles.